The third kappa shape index (κ3) is 3.45. The fraction of sp³-hybridized carbons (Fsp3) is 0.211. The van der Waals surface area contributed by atoms with Crippen molar-refractivity contribution in [2.75, 3.05) is 11.4 Å². The molecule has 0 spiro atoms. The van der Waals surface area contributed by atoms with Gasteiger partial charge in [0.2, 0.25) is 0 Å². The van der Waals surface area contributed by atoms with Crippen LogP contribution in [0.1, 0.15) is 16.1 Å². The molecule has 0 amide bonds. The Morgan fingerprint density at radius 2 is 1.80 bits per heavy atom. The minimum absolute atomic E-state index is 0.305. The Morgan fingerprint density at radius 3 is 2.44 bits per heavy atom. The fourth-order valence-corrected chi connectivity index (χ4v) is 4.70. The number of hydrogen-bond acceptors (Lipinski definition) is 4. The molecule has 3 rings (SSSR count). The molecular weight excluding hydrogens is 352 g/mol. The van der Waals surface area contributed by atoms with E-state index in [1.807, 2.05) is 56.5 Å². The number of benzene rings is 2. The van der Waals surface area contributed by atoms with Gasteiger partial charge in [0.15, 0.2) is 0 Å². The number of hydrogen-bond donors (Lipinski definition) is 0. The predicted octanol–water partition coefficient (Wildman–Crippen LogP) is 4.56. The number of anilines is 1. The maximum absolute atomic E-state index is 13.2. The Morgan fingerprint density at radius 1 is 1.04 bits per heavy atom. The molecule has 0 fully saturated rings. The number of nitrogens with zero attached hydrogens (tertiary/aromatic N) is 2. The zero-order valence-corrected chi connectivity index (χ0v) is 16.3. The highest BCUT2D eigenvalue weighted by Crippen LogP contribution is 2.29. The van der Waals surface area contributed by atoms with E-state index in [0.717, 1.165) is 27.4 Å². The van der Waals surface area contributed by atoms with Gasteiger partial charge in [0, 0.05) is 18.0 Å². The highest BCUT2D eigenvalue weighted by molar-refractivity contribution is 7.92. The van der Waals surface area contributed by atoms with Gasteiger partial charge in [-0.2, -0.15) is 0 Å². The molecule has 0 saturated carbocycles. The van der Waals surface area contributed by atoms with Gasteiger partial charge in [-0.15, -0.1) is 11.3 Å². The Hall–Kier alpha value is -2.18. The molecule has 0 aliphatic rings. The summed E-state index contributed by atoms with van der Waals surface area (Å²) < 4.78 is 27.7. The van der Waals surface area contributed by atoms with Gasteiger partial charge in [0.25, 0.3) is 10.0 Å². The van der Waals surface area contributed by atoms with Gasteiger partial charge in [-0.1, -0.05) is 24.3 Å². The number of rotatable bonds is 4. The van der Waals surface area contributed by atoms with Crippen LogP contribution in [0.4, 0.5) is 5.69 Å². The SMILES string of the molecule is Cc1cccc(N(C)S(=O)(=O)c2cc(-c3csc(C)n3)ccc2C)c1. The molecule has 0 N–H and O–H groups in total. The average molecular weight is 373 g/mol. The molecule has 3 aromatic rings. The van der Waals surface area contributed by atoms with Crippen LogP contribution in [-0.2, 0) is 10.0 Å². The number of thiazole rings is 1. The molecule has 0 saturated heterocycles. The molecule has 25 heavy (non-hydrogen) atoms. The first-order chi connectivity index (χ1) is 11.8. The molecule has 0 radical (unpaired) electrons. The van der Waals surface area contributed by atoms with Crippen molar-refractivity contribution in [1.29, 1.82) is 0 Å². The molecule has 0 aliphatic heterocycles. The van der Waals surface area contributed by atoms with Gasteiger partial charge in [0.1, 0.15) is 0 Å². The zero-order chi connectivity index (χ0) is 18.2. The average Bonchev–Trinajstić information content (AvgIpc) is 3.01. The molecule has 1 aromatic heterocycles. The third-order valence-electron chi connectivity index (χ3n) is 4.11. The summed E-state index contributed by atoms with van der Waals surface area (Å²) in [4.78, 5) is 4.76. The lowest BCUT2D eigenvalue weighted by atomic mass is 10.1. The highest BCUT2D eigenvalue weighted by Gasteiger charge is 2.24. The summed E-state index contributed by atoms with van der Waals surface area (Å²) in [6, 6.07) is 12.9. The summed E-state index contributed by atoms with van der Waals surface area (Å²) in [5.74, 6) is 0. The summed E-state index contributed by atoms with van der Waals surface area (Å²) in [5.41, 5.74) is 4.00. The van der Waals surface area contributed by atoms with Crippen LogP contribution >= 0.6 is 11.3 Å². The Balaban J connectivity index is 2.07. The van der Waals surface area contributed by atoms with Crippen LogP contribution in [0.2, 0.25) is 0 Å². The van der Waals surface area contributed by atoms with Gasteiger partial charge in [-0.25, -0.2) is 13.4 Å². The molecule has 4 nitrogen and oxygen atoms in total. The minimum atomic E-state index is -3.65. The Labute approximate surface area is 152 Å². The number of aromatic nitrogens is 1. The van der Waals surface area contributed by atoms with E-state index >= 15 is 0 Å². The summed E-state index contributed by atoms with van der Waals surface area (Å²) in [7, 11) is -2.07. The summed E-state index contributed by atoms with van der Waals surface area (Å²) in [5, 5.41) is 2.90. The second kappa shape index (κ2) is 6.61. The van der Waals surface area contributed by atoms with E-state index in [1.165, 1.54) is 4.31 Å². The molecule has 130 valence electrons. The van der Waals surface area contributed by atoms with E-state index in [4.69, 9.17) is 0 Å². The second-order valence-corrected chi connectivity index (χ2v) is 9.04. The summed E-state index contributed by atoms with van der Waals surface area (Å²) in [6.07, 6.45) is 0. The van der Waals surface area contributed by atoms with Crippen molar-refractivity contribution in [2.24, 2.45) is 0 Å². The van der Waals surface area contributed by atoms with Crippen molar-refractivity contribution in [3.8, 4) is 11.3 Å². The molecular formula is C19H20N2O2S2. The lowest BCUT2D eigenvalue weighted by Gasteiger charge is -2.21. The summed E-state index contributed by atoms with van der Waals surface area (Å²) in [6.45, 7) is 5.69. The minimum Gasteiger partial charge on any atom is -0.269 e. The van der Waals surface area contributed by atoms with Crippen molar-refractivity contribution >= 4 is 27.0 Å². The maximum Gasteiger partial charge on any atom is 0.264 e. The number of sulfonamides is 1. The van der Waals surface area contributed by atoms with Crippen LogP contribution in [0.15, 0.2) is 52.7 Å². The van der Waals surface area contributed by atoms with Gasteiger partial charge >= 0.3 is 0 Å². The van der Waals surface area contributed by atoms with Crippen LogP contribution in [0, 0.1) is 20.8 Å². The van der Waals surface area contributed by atoms with Crippen LogP contribution in [0.5, 0.6) is 0 Å². The van der Waals surface area contributed by atoms with Crippen molar-refractivity contribution < 1.29 is 8.42 Å². The van der Waals surface area contributed by atoms with Crippen LogP contribution in [0.3, 0.4) is 0 Å². The summed E-state index contributed by atoms with van der Waals surface area (Å²) >= 11 is 1.55. The molecule has 0 unspecified atom stereocenters. The molecule has 1 heterocycles. The third-order valence-corrected chi connectivity index (χ3v) is 6.81. The van der Waals surface area contributed by atoms with Gasteiger partial charge < -0.3 is 0 Å². The lowest BCUT2D eigenvalue weighted by molar-refractivity contribution is 0.594. The van der Waals surface area contributed by atoms with E-state index in [1.54, 1.807) is 30.5 Å². The van der Waals surface area contributed by atoms with Crippen molar-refractivity contribution in [2.45, 2.75) is 25.7 Å². The molecule has 2 aromatic carbocycles. The van der Waals surface area contributed by atoms with Crippen molar-refractivity contribution in [3.63, 3.8) is 0 Å². The van der Waals surface area contributed by atoms with Crippen LogP contribution < -0.4 is 4.31 Å². The van der Waals surface area contributed by atoms with E-state index in [2.05, 4.69) is 4.98 Å². The first-order valence-electron chi connectivity index (χ1n) is 7.88. The van der Waals surface area contributed by atoms with Crippen molar-refractivity contribution in [1.82, 2.24) is 4.98 Å². The monoisotopic (exact) mass is 372 g/mol. The Kier molecular flexibility index (Phi) is 4.67. The topological polar surface area (TPSA) is 50.3 Å². The number of aryl methyl sites for hydroxylation is 3. The van der Waals surface area contributed by atoms with Crippen molar-refractivity contribution in [3.05, 3.63) is 64.0 Å². The van der Waals surface area contributed by atoms with Gasteiger partial charge in [-0.3, -0.25) is 4.31 Å². The van der Waals surface area contributed by atoms with E-state index < -0.39 is 10.0 Å². The molecule has 0 aliphatic carbocycles. The van der Waals surface area contributed by atoms with Crippen LogP contribution in [-0.4, -0.2) is 20.4 Å². The maximum atomic E-state index is 13.2. The standard InChI is InChI=1S/C19H20N2O2S2/c1-13-6-5-7-17(10-13)21(4)25(22,23)19-11-16(9-8-14(19)2)18-12-24-15(3)20-18/h5-12H,1-4H3. The fourth-order valence-electron chi connectivity index (χ4n) is 2.64. The first-order valence-corrected chi connectivity index (χ1v) is 10.2. The Bertz CT molecular complexity index is 1020. The van der Waals surface area contributed by atoms with E-state index in [9.17, 15) is 8.42 Å². The second-order valence-electron chi connectivity index (χ2n) is 6.04. The van der Waals surface area contributed by atoms with E-state index in [0.29, 0.717) is 10.6 Å². The largest absolute Gasteiger partial charge is 0.269 e. The molecule has 0 atom stereocenters. The highest BCUT2D eigenvalue weighted by atomic mass is 32.2. The smallest absolute Gasteiger partial charge is 0.264 e. The predicted molar refractivity (Wildman–Crippen MR) is 104 cm³/mol. The zero-order valence-electron chi connectivity index (χ0n) is 14.6. The lowest BCUT2D eigenvalue weighted by Crippen LogP contribution is -2.27. The van der Waals surface area contributed by atoms with E-state index in [-0.39, 0.29) is 0 Å². The van der Waals surface area contributed by atoms with Gasteiger partial charge in [0.05, 0.1) is 21.3 Å². The molecule has 6 heteroatoms. The quantitative estimate of drug-likeness (QED) is 0.674. The van der Waals surface area contributed by atoms with Gasteiger partial charge in [-0.05, 0) is 50.1 Å². The normalized spacial score (nSPS) is 11.5. The first kappa shape index (κ1) is 17.6. The molecule has 0 bridgehead atoms. The van der Waals surface area contributed by atoms with Crippen LogP contribution in [0.25, 0.3) is 11.3 Å².